The predicted octanol–water partition coefficient (Wildman–Crippen LogP) is 3.04. The van der Waals surface area contributed by atoms with Crippen molar-refractivity contribution in [2.75, 3.05) is 33.6 Å². The standard InChI is InChI=1S/C20H25N3O4/c1-13-9-10-14(19(24)23(2)3)11-16(13)22-20(25)21-12-15-7-6-8-17(26-4)18(15)27-5/h6-11H,12H2,1-5H3,(H2,21,22,25). The van der Waals surface area contributed by atoms with Crippen molar-refractivity contribution < 1.29 is 19.1 Å². The maximum atomic E-state index is 12.3. The average Bonchev–Trinajstić information content (AvgIpc) is 2.66. The highest BCUT2D eigenvalue weighted by atomic mass is 16.5. The van der Waals surface area contributed by atoms with Crippen molar-refractivity contribution in [2.45, 2.75) is 13.5 Å². The Morgan fingerprint density at radius 2 is 1.81 bits per heavy atom. The number of hydrogen-bond donors (Lipinski definition) is 2. The van der Waals surface area contributed by atoms with E-state index in [-0.39, 0.29) is 18.5 Å². The number of urea groups is 1. The van der Waals surface area contributed by atoms with E-state index in [2.05, 4.69) is 10.6 Å². The molecule has 2 aromatic rings. The molecule has 0 fully saturated rings. The van der Waals surface area contributed by atoms with Gasteiger partial charge in [0, 0.05) is 37.5 Å². The van der Waals surface area contributed by atoms with Gasteiger partial charge in [0.25, 0.3) is 5.91 Å². The zero-order valence-corrected chi connectivity index (χ0v) is 16.3. The summed E-state index contributed by atoms with van der Waals surface area (Å²) in [4.78, 5) is 25.9. The van der Waals surface area contributed by atoms with Gasteiger partial charge in [-0.3, -0.25) is 4.79 Å². The smallest absolute Gasteiger partial charge is 0.319 e. The van der Waals surface area contributed by atoms with Crippen molar-refractivity contribution in [1.82, 2.24) is 10.2 Å². The molecule has 0 spiro atoms. The molecule has 0 aromatic heterocycles. The number of nitrogens with one attached hydrogen (secondary N) is 2. The van der Waals surface area contributed by atoms with Gasteiger partial charge in [-0.2, -0.15) is 0 Å². The third-order valence-electron chi connectivity index (χ3n) is 4.06. The molecule has 7 nitrogen and oxygen atoms in total. The van der Waals surface area contributed by atoms with E-state index in [1.807, 2.05) is 19.1 Å². The van der Waals surface area contributed by atoms with E-state index in [0.717, 1.165) is 11.1 Å². The average molecular weight is 371 g/mol. The van der Waals surface area contributed by atoms with Crippen LogP contribution in [-0.2, 0) is 6.54 Å². The second-order valence-corrected chi connectivity index (χ2v) is 6.19. The molecule has 0 saturated carbocycles. The summed E-state index contributed by atoms with van der Waals surface area (Å²) in [5.41, 5.74) is 2.74. The zero-order valence-electron chi connectivity index (χ0n) is 16.3. The number of carbonyl (C=O) groups is 2. The lowest BCUT2D eigenvalue weighted by molar-refractivity contribution is 0.0827. The molecule has 0 radical (unpaired) electrons. The summed E-state index contributed by atoms with van der Waals surface area (Å²) in [6.45, 7) is 2.13. The maximum absolute atomic E-state index is 12.3. The predicted molar refractivity (Wildman–Crippen MR) is 105 cm³/mol. The molecule has 3 amide bonds. The largest absolute Gasteiger partial charge is 0.493 e. The van der Waals surface area contributed by atoms with E-state index < -0.39 is 0 Å². The maximum Gasteiger partial charge on any atom is 0.319 e. The quantitative estimate of drug-likeness (QED) is 0.818. The molecule has 27 heavy (non-hydrogen) atoms. The number of hydrogen-bond acceptors (Lipinski definition) is 4. The number of ether oxygens (including phenoxy) is 2. The van der Waals surface area contributed by atoms with Crippen molar-refractivity contribution in [3.63, 3.8) is 0 Å². The minimum atomic E-state index is -0.377. The Hall–Kier alpha value is -3.22. The summed E-state index contributed by atoms with van der Waals surface area (Å²) in [6, 6.07) is 10.3. The third-order valence-corrected chi connectivity index (χ3v) is 4.06. The molecule has 2 rings (SSSR count). The van der Waals surface area contributed by atoms with Crippen LogP contribution < -0.4 is 20.1 Å². The van der Waals surface area contributed by atoms with Crippen LogP contribution in [0, 0.1) is 6.92 Å². The molecule has 0 bridgehead atoms. The fourth-order valence-electron chi connectivity index (χ4n) is 2.58. The monoisotopic (exact) mass is 371 g/mol. The van der Waals surface area contributed by atoms with Crippen LogP contribution in [0.1, 0.15) is 21.5 Å². The number of benzene rings is 2. The lowest BCUT2D eigenvalue weighted by Crippen LogP contribution is -2.29. The molecular weight excluding hydrogens is 346 g/mol. The number of aryl methyl sites for hydroxylation is 1. The van der Waals surface area contributed by atoms with Crippen molar-refractivity contribution in [3.05, 3.63) is 53.1 Å². The Labute approximate surface area is 159 Å². The first-order chi connectivity index (χ1) is 12.9. The molecule has 7 heteroatoms. The number of methoxy groups -OCH3 is 2. The first kappa shape index (κ1) is 20.1. The van der Waals surface area contributed by atoms with Gasteiger partial charge in [0.05, 0.1) is 14.2 Å². The molecule has 0 heterocycles. The van der Waals surface area contributed by atoms with Crippen LogP contribution in [0.4, 0.5) is 10.5 Å². The Balaban J connectivity index is 2.09. The molecule has 2 N–H and O–H groups in total. The zero-order chi connectivity index (χ0) is 20.0. The van der Waals surface area contributed by atoms with E-state index in [1.165, 1.54) is 4.90 Å². The Kier molecular flexibility index (Phi) is 6.65. The molecule has 0 atom stereocenters. The lowest BCUT2D eigenvalue weighted by atomic mass is 10.1. The van der Waals surface area contributed by atoms with Gasteiger partial charge in [0.15, 0.2) is 11.5 Å². The second-order valence-electron chi connectivity index (χ2n) is 6.19. The number of nitrogens with zero attached hydrogens (tertiary/aromatic N) is 1. The molecule has 2 aromatic carbocycles. The molecule has 0 aliphatic carbocycles. The Morgan fingerprint density at radius 3 is 2.44 bits per heavy atom. The lowest BCUT2D eigenvalue weighted by Gasteiger charge is -2.15. The van der Waals surface area contributed by atoms with Gasteiger partial charge >= 0.3 is 6.03 Å². The molecule has 0 aliphatic rings. The van der Waals surface area contributed by atoms with Crippen LogP contribution in [0.3, 0.4) is 0 Å². The van der Waals surface area contributed by atoms with Crippen LogP contribution in [0.5, 0.6) is 11.5 Å². The highest BCUT2D eigenvalue weighted by molar-refractivity contribution is 5.97. The fraction of sp³-hybridized carbons (Fsp3) is 0.300. The van der Waals surface area contributed by atoms with Crippen LogP contribution in [0.15, 0.2) is 36.4 Å². The highest BCUT2D eigenvalue weighted by Crippen LogP contribution is 2.30. The molecular formula is C20H25N3O4. The van der Waals surface area contributed by atoms with Gasteiger partial charge in [-0.25, -0.2) is 4.79 Å². The van der Waals surface area contributed by atoms with Crippen LogP contribution in [0.25, 0.3) is 0 Å². The topological polar surface area (TPSA) is 79.9 Å². The number of rotatable bonds is 6. The van der Waals surface area contributed by atoms with E-state index in [1.54, 1.807) is 52.6 Å². The number of carbonyl (C=O) groups excluding carboxylic acids is 2. The highest BCUT2D eigenvalue weighted by Gasteiger charge is 2.13. The van der Waals surface area contributed by atoms with Crippen molar-refractivity contribution in [2.24, 2.45) is 0 Å². The molecule has 0 aliphatic heterocycles. The molecule has 0 saturated heterocycles. The summed E-state index contributed by atoms with van der Waals surface area (Å²) in [5.74, 6) is 1.05. The van der Waals surface area contributed by atoms with Gasteiger partial charge in [-0.05, 0) is 30.7 Å². The van der Waals surface area contributed by atoms with Crippen LogP contribution in [-0.4, -0.2) is 45.2 Å². The van der Waals surface area contributed by atoms with E-state index >= 15 is 0 Å². The Morgan fingerprint density at radius 1 is 1.07 bits per heavy atom. The SMILES string of the molecule is COc1cccc(CNC(=O)Nc2cc(C(=O)N(C)C)ccc2C)c1OC. The van der Waals surface area contributed by atoms with Gasteiger partial charge in [0.1, 0.15) is 0 Å². The van der Waals surface area contributed by atoms with Gasteiger partial charge in [-0.15, -0.1) is 0 Å². The number of amides is 3. The molecule has 0 unspecified atom stereocenters. The number of anilines is 1. The molecule has 144 valence electrons. The van der Waals surface area contributed by atoms with Crippen LogP contribution >= 0.6 is 0 Å². The van der Waals surface area contributed by atoms with Gasteiger partial charge < -0.3 is 25.0 Å². The Bertz CT molecular complexity index is 834. The normalized spacial score (nSPS) is 10.1. The third kappa shape index (κ3) is 4.91. The van der Waals surface area contributed by atoms with Crippen LogP contribution in [0.2, 0.25) is 0 Å². The number of para-hydroxylation sites is 1. The van der Waals surface area contributed by atoms with E-state index in [9.17, 15) is 9.59 Å². The van der Waals surface area contributed by atoms with Gasteiger partial charge in [-0.1, -0.05) is 18.2 Å². The second kappa shape index (κ2) is 8.93. The minimum absolute atomic E-state index is 0.125. The minimum Gasteiger partial charge on any atom is -0.493 e. The summed E-state index contributed by atoms with van der Waals surface area (Å²) in [6.07, 6.45) is 0. The summed E-state index contributed by atoms with van der Waals surface area (Å²) in [5, 5.41) is 5.58. The first-order valence-electron chi connectivity index (χ1n) is 8.44. The van der Waals surface area contributed by atoms with Crippen molar-refractivity contribution in [1.29, 1.82) is 0 Å². The van der Waals surface area contributed by atoms with Crippen molar-refractivity contribution in [3.8, 4) is 11.5 Å². The van der Waals surface area contributed by atoms with E-state index in [0.29, 0.717) is 22.7 Å². The first-order valence-corrected chi connectivity index (χ1v) is 8.44. The van der Waals surface area contributed by atoms with Crippen molar-refractivity contribution >= 4 is 17.6 Å². The summed E-state index contributed by atoms with van der Waals surface area (Å²) >= 11 is 0. The summed E-state index contributed by atoms with van der Waals surface area (Å²) in [7, 11) is 6.48. The van der Waals surface area contributed by atoms with Gasteiger partial charge in [0.2, 0.25) is 0 Å². The van der Waals surface area contributed by atoms with E-state index in [4.69, 9.17) is 9.47 Å². The summed E-state index contributed by atoms with van der Waals surface area (Å²) < 4.78 is 10.6. The fourth-order valence-corrected chi connectivity index (χ4v) is 2.58.